The molecule has 0 saturated carbocycles. The van der Waals surface area contributed by atoms with Crippen molar-refractivity contribution in [1.29, 1.82) is 0 Å². The van der Waals surface area contributed by atoms with Crippen LogP contribution >= 0.6 is 0 Å². The fraction of sp³-hybridized carbons (Fsp3) is 0.875. The van der Waals surface area contributed by atoms with Gasteiger partial charge in [-0.05, 0) is 6.92 Å². The van der Waals surface area contributed by atoms with E-state index in [1.807, 2.05) is 0 Å². The summed E-state index contributed by atoms with van der Waals surface area (Å²) in [6.45, 7) is 1.05. The quantitative estimate of drug-likeness (QED) is 0.621. The normalized spacial score (nSPS) is 15.4. The summed E-state index contributed by atoms with van der Waals surface area (Å²) in [4.78, 5) is 10.7. The molecule has 10 heteroatoms. The number of halogens is 7. The van der Waals surface area contributed by atoms with Crippen molar-refractivity contribution in [2.75, 3.05) is 6.61 Å². The number of carbonyl (C=O) groups is 1. The molecule has 0 aliphatic carbocycles. The van der Waals surface area contributed by atoms with Gasteiger partial charge in [-0.25, -0.2) is 0 Å². The van der Waals surface area contributed by atoms with Gasteiger partial charge in [-0.15, -0.1) is 0 Å². The highest BCUT2D eigenvalue weighted by Crippen LogP contribution is 2.48. The molecule has 0 aromatic rings. The van der Waals surface area contributed by atoms with Crippen molar-refractivity contribution in [3.8, 4) is 0 Å². The zero-order chi connectivity index (χ0) is 14.8. The van der Waals surface area contributed by atoms with Crippen LogP contribution in [-0.4, -0.2) is 36.6 Å². The average molecular weight is 285 g/mol. The molecule has 0 amide bonds. The summed E-state index contributed by atoms with van der Waals surface area (Å²) in [7, 11) is 0. The molecule has 0 aliphatic heterocycles. The Balaban J connectivity index is 4.97. The van der Waals surface area contributed by atoms with E-state index < -0.39 is 36.5 Å². The molecule has 0 bridgehead atoms. The Labute approximate surface area is 97.1 Å². The topological polar surface area (TPSA) is 52.3 Å². The molecule has 108 valence electrons. The minimum absolute atomic E-state index is 0.243. The van der Waals surface area contributed by atoms with Gasteiger partial charge in [-0.3, -0.25) is 4.79 Å². The average Bonchev–Trinajstić information content (AvgIpc) is 2.15. The van der Waals surface area contributed by atoms with E-state index in [-0.39, 0.29) is 6.61 Å². The molecular formula is C8H10F7NO2. The molecule has 0 rings (SSSR count). The van der Waals surface area contributed by atoms with Crippen LogP contribution < -0.4 is 5.73 Å². The van der Waals surface area contributed by atoms with Gasteiger partial charge in [-0.2, -0.15) is 30.7 Å². The second-order valence-electron chi connectivity index (χ2n) is 3.31. The third kappa shape index (κ3) is 3.24. The van der Waals surface area contributed by atoms with Crippen molar-refractivity contribution in [3.63, 3.8) is 0 Å². The molecule has 0 radical (unpaired) electrons. The van der Waals surface area contributed by atoms with Crippen LogP contribution in [-0.2, 0) is 9.53 Å². The lowest BCUT2D eigenvalue weighted by molar-refractivity contribution is -0.358. The van der Waals surface area contributed by atoms with Crippen molar-refractivity contribution in [3.05, 3.63) is 0 Å². The van der Waals surface area contributed by atoms with Gasteiger partial charge in [0.2, 0.25) is 0 Å². The fourth-order valence-corrected chi connectivity index (χ4v) is 0.949. The monoisotopic (exact) mass is 285 g/mol. The maximum atomic E-state index is 12.9. The van der Waals surface area contributed by atoms with E-state index in [2.05, 4.69) is 10.5 Å². The molecule has 0 unspecified atom stereocenters. The van der Waals surface area contributed by atoms with E-state index in [0.29, 0.717) is 0 Å². The van der Waals surface area contributed by atoms with Crippen LogP contribution in [0.15, 0.2) is 0 Å². The third-order valence-corrected chi connectivity index (χ3v) is 1.93. The molecule has 1 atom stereocenters. The van der Waals surface area contributed by atoms with Crippen LogP contribution in [0.4, 0.5) is 30.7 Å². The molecular weight excluding hydrogens is 275 g/mol. The highest BCUT2D eigenvalue weighted by Gasteiger charge is 2.74. The lowest BCUT2D eigenvalue weighted by Crippen LogP contribution is -2.60. The first kappa shape index (κ1) is 16.9. The molecule has 0 spiro atoms. The molecule has 0 aliphatic rings. The predicted octanol–water partition coefficient (Wildman–Crippen LogP) is 2.10. The van der Waals surface area contributed by atoms with Gasteiger partial charge >= 0.3 is 24.0 Å². The number of ether oxygens (including phenoxy) is 1. The number of rotatable bonds is 5. The van der Waals surface area contributed by atoms with Gasteiger partial charge in [0.1, 0.15) is 0 Å². The summed E-state index contributed by atoms with van der Waals surface area (Å²) in [6.07, 6.45) is -7.92. The maximum absolute atomic E-state index is 12.9. The summed E-state index contributed by atoms with van der Waals surface area (Å²) in [5, 5.41) is 0. The number of hydrogen-bond donors (Lipinski definition) is 1. The molecule has 0 saturated heterocycles. The van der Waals surface area contributed by atoms with Gasteiger partial charge in [0.05, 0.1) is 19.1 Å². The third-order valence-electron chi connectivity index (χ3n) is 1.93. The van der Waals surface area contributed by atoms with Crippen LogP contribution in [0.2, 0.25) is 0 Å². The highest BCUT2D eigenvalue weighted by molar-refractivity contribution is 5.70. The molecule has 2 N–H and O–H groups in total. The summed E-state index contributed by atoms with van der Waals surface area (Å²) < 4.78 is 90.2. The Kier molecular flexibility index (Phi) is 4.98. The Morgan fingerprint density at radius 1 is 1.17 bits per heavy atom. The van der Waals surface area contributed by atoms with Gasteiger partial charge in [0.15, 0.2) is 0 Å². The Morgan fingerprint density at radius 3 is 1.94 bits per heavy atom. The van der Waals surface area contributed by atoms with Crippen molar-refractivity contribution < 1.29 is 40.3 Å². The standard InChI is InChI=1S/C8H10F7NO2/c1-2-18-5(17)3-4(16)6(9,10)7(11,12)8(13,14)15/h4H,2-3,16H2,1H3/t4-/m1/s1. The molecule has 0 heterocycles. The number of nitrogens with two attached hydrogens (primary N) is 1. The first-order chi connectivity index (χ1) is 7.88. The number of carbonyl (C=O) groups excluding carboxylic acids is 1. The summed E-state index contributed by atoms with van der Waals surface area (Å²) in [5.74, 6) is -13.3. The van der Waals surface area contributed by atoms with Crippen molar-refractivity contribution >= 4 is 5.97 Å². The lowest BCUT2D eigenvalue weighted by Gasteiger charge is -2.31. The van der Waals surface area contributed by atoms with Crippen LogP contribution in [0, 0.1) is 0 Å². The van der Waals surface area contributed by atoms with Gasteiger partial charge in [0.25, 0.3) is 0 Å². The van der Waals surface area contributed by atoms with Gasteiger partial charge in [0, 0.05) is 0 Å². The van der Waals surface area contributed by atoms with Crippen LogP contribution in [0.1, 0.15) is 13.3 Å². The summed E-state index contributed by atoms with van der Waals surface area (Å²) in [6, 6.07) is -3.01. The van der Waals surface area contributed by atoms with E-state index in [1.54, 1.807) is 0 Å². The summed E-state index contributed by atoms with van der Waals surface area (Å²) >= 11 is 0. The van der Waals surface area contributed by atoms with Crippen molar-refractivity contribution in [1.82, 2.24) is 0 Å². The maximum Gasteiger partial charge on any atom is 0.459 e. The second kappa shape index (κ2) is 5.29. The van der Waals surface area contributed by atoms with Crippen LogP contribution in [0.5, 0.6) is 0 Å². The minimum Gasteiger partial charge on any atom is -0.466 e. The Bertz CT molecular complexity index is 302. The first-order valence-electron chi connectivity index (χ1n) is 4.61. The Morgan fingerprint density at radius 2 is 1.61 bits per heavy atom. The van der Waals surface area contributed by atoms with Gasteiger partial charge in [-0.1, -0.05) is 0 Å². The fourth-order valence-electron chi connectivity index (χ4n) is 0.949. The lowest BCUT2D eigenvalue weighted by atomic mass is 10.0. The number of esters is 1. The molecule has 0 aromatic carbocycles. The van der Waals surface area contributed by atoms with Crippen LogP contribution in [0.25, 0.3) is 0 Å². The molecule has 0 aromatic heterocycles. The molecule has 18 heavy (non-hydrogen) atoms. The van der Waals surface area contributed by atoms with Crippen molar-refractivity contribution in [2.24, 2.45) is 5.73 Å². The van der Waals surface area contributed by atoms with Gasteiger partial charge < -0.3 is 10.5 Å². The number of hydrogen-bond acceptors (Lipinski definition) is 3. The zero-order valence-corrected chi connectivity index (χ0v) is 9.03. The van der Waals surface area contributed by atoms with Crippen molar-refractivity contribution in [2.45, 2.75) is 37.4 Å². The predicted molar refractivity (Wildman–Crippen MR) is 45.2 cm³/mol. The number of alkyl halides is 7. The largest absolute Gasteiger partial charge is 0.466 e. The second-order valence-corrected chi connectivity index (χ2v) is 3.31. The van der Waals surface area contributed by atoms with E-state index >= 15 is 0 Å². The molecule has 0 fully saturated rings. The minimum atomic E-state index is -6.47. The zero-order valence-electron chi connectivity index (χ0n) is 9.03. The van der Waals surface area contributed by atoms with E-state index in [0.717, 1.165) is 0 Å². The van der Waals surface area contributed by atoms with Crippen LogP contribution in [0.3, 0.4) is 0 Å². The Hall–Kier alpha value is -1.06. The van der Waals surface area contributed by atoms with E-state index in [4.69, 9.17) is 0 Å². The summed E-state index contributed by atoms with van der Waals surface area (Å²) in [5.41, 5.74) is 4.53. The SMILES string of the molecule is CCOC(=O)C[C@@H](N)C(F)(F)C(F)(F)C(F)(F)F. The smallest absolute Gasteiger partial charge is 0.459 e. The van der Waals surface area contributed by atoms with E-state index in [1.165, 1.54) is 6.92 Å². The molecule has 3 nitrogen and oxygen atoms in total. The van der Waals surface area contributed by atoms with E-state index in [9.17, 15) is 35.5 Å². The first-order valence-corrected chi connectivity index (χ1v) is 4.61. The highest BCUT2D eigenvalue weighted by atomic mass is 19.4.